The minimum Gasteiger partial charge on any atom is -0.493 e. The number of rotatable bonds is 7. The van der Waals surface area contributed by atoms with Crippen molar-refractivity contribution in [1.82, 2.24) is 0 Å². The van der Waals surface area contributed by atoms with Crippen molar-refractivity contribution in [3.8, 4) is 11.5 Å². The summed E-state index contributed by atoms with van der Waals surface area (Å²) in [5.74, 6) is 1.07. The average Bonchev–Trinajstić information content (AvgIpc) is 2.66. The Labute approximate surface area is 179 Å². The summed E-state index contributed by atoms with van der Waals surface area (Å²) in [6.07, 6.45) is 0. The fourth-order valence-electron chi connectivity index (χ4n) is 3.01. The van der Waals surface area contributed by atoms with Gasteiger partial charge < -0.3 is 14.8 Å². The monoisotopic (exact) mass is 491 g/mol. The van der Waals surface area contributed by atoms with E-state index in [9.17, 15) is 4.39 Å². The summed E-state index contributed by atoms with van der Waals surface area (Å²) in [6, 6.07) is 16.8. The lowest BCUT2D eigenvalue weighted by Crippen LogP contribution is -2.04. The lowest BCUT2D eigenvalue weighted by molar-refractivity contribution is 0.281. The molecule has 5 heteroatoms. The molecule has 0 heterocycles. The first-order chi connectivity index (χ1) is 13.5. The molecule has 1 N–H and O–H groups in total. The summed E-state index contributed by atoms with van der Waals surface area (Å²) in [5.41, 5.74) is 5.46. The van der Waals surface area contributed by atoms with Crippen LogP contribution in [0.5, 0.6) is 11.5 Å². The lowest BCUT2D eigenvalue weighted by Gasteiger charge is -2.16. The third kappa shape index (κ3) is 5.16. The predicted molar refractivity (Wildman–Crippen MR) is 120 cm³/mol. The largest absolute Gasteiger partial charge is 0.493 e. The standard InChI is InChI=1S/C23H23FINO2/c1-15-7-8-21(16(2)9-15)26-13-18-11-20(25)23(22(12-18)27-3)28-14-17-5-4-6-19(24)10-17/h4-12,26H,13-14H2,1-3H3. The van der Waals surface area contributed by atoms with Crippen LogP contribution in [0.2, 0.25) is 0 Å². The molecule has 0 radical (unpaired) electrons. The molecule has 28 heavy (non-hydrogen) atoms. The molecular formula is C23H23FINO2. The van der Waals surface area contributed by atoms with Crippen LogP contribution in [0.25, 0.3) is 0 Å². The van der Waals surface area contributed by atoms with Gasteiger partial charge in [0.05, 0.1) is 10.7 Å². The van der Waals surface area contributed by atoms with Gasteiger partial charge in [-0.05, 0) is 83.5 Å². The summed E-state index contributed by atoms with van der Waals surface area (Å²) in [7, 11) is 1.63. The van der Waals surface area contributed by atoms with Crippen molar-refractivity contribution in [3.05, 3.63) is 86.2 Å². The van der Waals surface area contributed by atoms with Gasteiger partial charge in [-0.15, -0.1) is 0 Å². The highest BCUT2D eigenvalue weighted by Crippen LogP contribution is 2.35. The molecule has 0 atom stereocenters. The molecule has 0 aromatic heterocycles. The molecular weight excluding hydrogens is 468 g/mol. The van der Waals surface area contributed by atoms with Gasteiger partial charge >= 0.3 is 0 Å². The molecule has 0 aliphatic rings. The first-order valence-electron chi connectivity index (χ1n) is 9.01. The Morgan fingerprint density at radius 1 is 1.00 bits per heavy atom. The minimum absolute atomic E-state index is 0.268. The highest BCUT2D eigenvalue weighted by molar-refractivity contribution is 14.1. The second kappa shape index (κ2) is 9.28. The van der Waals surface area contributed by atoms with Gasteiger partial charge in [0.25, 0.3) is 0 Å². The smallest absolute Gasteiger partial charge is 0.174 e. The summed E-state index contributed by atoms with van der Waals surface area (Å²) >= 11 is 2.24. The van der Waals surface area contributed by atoms with Gasteiger partial charge in [-0.1, -0.05) is 29.8 Å². The van der Waals surface area contributed by atoms with Crippen LogP contribution < -0.4 is 14.8 Å². The zero-order chi connectivity index (χ0) is 20.1. The van der Waals surface area contributed by atoms with E-state index >= 15 is 0 Å². The Balaban J connectivity index is 1.73. The molecule has 3 rings (SSSR count). The molecule has 0 saturated carbocycles. The van der Waals surface area contributed by atoms with Crippen LogP contribution in [-0.4, -0.2) is 7.11 Å². The van der Waals surface area contributed by atoms with Gasteiger partial charge in [-0.25, -0.2) is 4.39 Å². The lowest BCUT2D eigenvalue weighted by atomic mass is 10.1. The number of anilines is 1. The van der Waals surface area contributed by atoms with E-state index < -0.39 is 0 Å². The topological polar surface area (TPSA) is 30.5 Å². The molecule has 3 nitrogen and oxygen atoms in total. The van der Waals surface area contributed by atoms with Crippen LogP contribution in [0.1, 0.15) is 22.3 Å². The summed E-state index contributed by atoms with van der Waals surface area (Å²) in [6.45, 7) is 5.15. The Kier molecular flexibility index (Phi) is 6.78. The van der Waals surface area contributed by atoms with Crippen molar-refractivity contribution < 1.29 is 13.9 Å². The molecule has 0 fully saturated rings. The maximum atomic E-state index is 13.4. The predicted octanol–water partition coefficient (Wildman–Crippen LogP) is 6.25. The average molecular weight is 491 g/mol. The molecule has 0 aliphatic heterocycles. The van der Waals surface area contributed by atoms with Crippen molar-refractivity contribution in [2.75, 3.05) is 12.4 Å². The number of ether oxygens (including phenoxy) is 2. The van der Waals surface area contributed by atoms with E-state index in [4.69, 9.17) is 9.47 Å². The quantitative estimate of drug-likeness (QED) is 0.397. The molecule has 146 valence electrons. The molecule has 0 amide bonds. The number of methoxy groups -OCH3 is 1. The Hall–Kier alpha value is -2.28. The zero-order valence-corrected chi connectivity index (χ0v) is 18.3. The van der Waals surface area contributed by atoms with E-state index in [0.29, 0.717) is 18.0 Å². The molecule has 0 bridgehead atoms. The second-order valence-corrected chi connectivity index (χ2v) is 7.86. The number of aryl methyl sites for hydroxylation is 2. The molecule has 0 aliphatic carbocycles. The number of halogens is 2. The third-order valence-electron chi connectivity index (χ3n) is 4.43. The minimum atomic E-state index is -0.268. The number of hydrogen-bond acceptors (Lipinski definition) is 3. The normalized spacial score (nSPS) is 10.6. The van der Waals surface area contributed by atoms with Crippen molar-refractivity contribution >= 4 is 28.3 Å². The number of benzene rings is 3. The SMILES string of the molecule is COc1cc(CNc2ccc(C)cc2C)cc(I)c1OCc1cccc(F)c1. The number of nitrogens with one attached hydrogen (secondary N) is 1. The summed E-state index contributed by atoms with van der Waals surface area (Å²) in [5, 5.41) is 3.48. The Morgan fingerprint density at radius 2 is 1.82 bits per heavy atom. The van der Waals surface area contributed by atoms with Crippen LogP contribution in [0.4, 0.5) is 10.1 Å². The maximum absolute atomic E-state index is 13.4. The van der Waals surface area contributed by atoms with Crippen molar-refractivity contribution in [3.63, 3.8) is 0 Å². The molecule has 3 aromatic carbocycles. The van der Waals surface area contributed by atoms with E-state index in [0.717, 1.165) is 20.4 Å². The van der Waals surface area contributed by atoms with Crippen molar-refractivity contribution in [2.45, 2.75) is 27.0 Å². The fraction of sp³-hybridized carbons (Fsp3) is 0.217. The Morgan fingerprint density at radius 3 is 2.54 bits per heavy atom. The van der Waals surface area contributed by atoms with E-state index in [1.54, 1.807) is 13.2 Å². The second-order valence-electron chi connectivity index (χ2n) is 6.70. The summed E-state index contributed by atoms with van der Waals surface area (Å²) in [4.78, 5) is 0. The first-order valence-corrected chi connectivity index (χ1v) is 10.1. The van der Waals surface area contributed by atoms with E-state index in [2.05, 4.69) is 66.0 Å². The zero-order valence-electron chi connectivity index (χ0n) is 16.2. The summed E-state index contributed by atoms with van der Waals surface area (Å²) < 4.78 is 25.8. The van der Waals surface area contributed by atoms with Crippen molar-refractivity contribution in [1.29, 1.82) is 0 Å². The van der Waals surface area contributed by atoms with Crippen LogP contribution in [-0.2, 0) is 13.2 Å². The highest BCUT2D eigenvalue weighted by atomic mass is 127. The van der Waals surface area contributed by atoms with Gasteiger partial charge in [-0.2, -0.15) is 0 Å². The van der Waals surface area contributed by atoms with Gasteiger partial charge in [0.15, 0.2) is 11.5 Å². The van der Waals surface area contributed by atoms with Crippen molar-refractivity contribution in [2.24, 2.45) is 0 Å². The molecule has 0 saturated heterocycles. The molecule has 0 unspecified atom stereocenters. The molecule has 3 aromatic rings. The van der Waals surface area contributed by atoms with Gasteiger partial charge in [0, 0.05) is 12.2 Å². The third-order valence-corrected chi connectivity index (χ3v) is 5.23. The molecule has 0 spiro atoms. The van der Waals surface area contributed by atoms with Crippen LogP contribution >= 0.6 is 22.6 Å². The van der Waals surface area contributed by atoms with Gasteiger partial charge in [0.1, 0.15) is 12.4 Å². The maximum Gasteiger partial charge on any atom is 0.174 e. The van der Waals surface area contributed by atoms with E-state index in [1.165, 1.54) is 23.3 Å². The van der Waals surface area contributed by atoms with E-state index in [1.807, 2.05) is 12.1 Å². The highest BCUT2D eigenvalue weighted by Gasteiger charge is 2.12. The fourth-order valence-corrected chi connectivity index (χ4v) is 3.83. The van der Waals surface area contributed by atoms with Gasteiger partial charge in [0.2, 0.25) is 0 Å². The van der Waals surface area contributed by atoms with Crippen LogP contribution in [0, 0.1) is 23.2 Å². The van der Waals surface area contributed by atoms with Crippen LogP contribution in [0.15, 0.2) is 54.6 Å². The van der Waals surface area contributed by atoms with Crippen LogP contribution in [0.3, 0.4) is 0 Å². The Bertz CT molecular complexity index is 975. The first kappa shape index (κ1) is 20.5. The number of hydrogen-bond donors (Lipinski definition) is 1. The van der Waals surface area contributed by atoms with E-state index in [-0.39, 0.29) is 12.4 Å². The van der Waals surface area contributed by atoms with Gasteiger partial charge in [-0.3, -0.25) is 0 Å².